The molecule has 0 aliphatic carbocycles. The Labute approximate surface area is 121 Å². The van der Waals surface area contributed by atoms with E-state index in [1.54, 1.807) is 18.2 Å². The molecule has 1 aromatic carbocycles. The van der Waals surface area contributed by atoms with Crippen molar-refractivity contribution in [2.75, 3.05) is 0 Å². The summed E-state index contributed by atoms with van der Waals surface area (Å²) in [5, 5.41) is 0.345. The number of hydrogen-bond donors (Lipinski definition) is 0. The van der Waals surface area contributed by atoms with Gasteiger partial charge in [0.15, 0.2) is 5.82 Å². The largest absolute Gasteiger partial charge is 0.263 e. The minimum Gasteiger partial charge on any atom is -0.232 e. The van der Waals surface area contributed by atoms with E-state index in [1.165, 1.54) is 12.1 Å². The first-order valence-electron chi connectivity index (χ1n) is 6.21. The highest BCUT2D eigenvalue weighted by Gasteiger charge is 2.18. The van der Waals surface area contributed by atoms with Gasteiger partial charge in [0.05, 0.1) is 5.69 Å². The summed E-state index contributed by atoms with van der Waals surface area (Å²) in [7, 11) is 0. The lowest BCUT2D eigenvalue weighted by molar-refractivity contribution is 0.151. The molecule has 5 heteroatoms. The topological polar surface area (TPSA) is 25.8 Å². The maximum atomic E-state index is 12.5. The van der Waals surface area contributed by atoms with Crippen LogP contribution >= 0.6 is 11.6 Å². The smallest absolute Gasteiger partial charge is 0.232 e. The molecule has 2 rings (SSSR count). The third kappa shape index (κ3) is 3.31. The Morgan fingerprint density at radius 2 is 1.65 bits per heavy atom. The summed E-state index contributed by atoms with van der Waals surface area (Å²) < 4.78 is 25.1. The van der Waals surface area contributed by atoms with Crippen molar-refractivity contribution < 1.29 is 8.78 Å². The van der Waals surface area contributed by atoms with Gasteiger partial charge in [0, 0.05) is 16.5 Å². The monoisotopic (exact) mass is 296 g/mol. The van der Waals surface area contributed by atoms with Gasteiger partial charge in [-0.25, -0.2) is 18.7 Å². The maximum Gasteiger partial charge on any atom is 0.263 e. The van der Waals surface area contributed by atoms with Gasteiger partial charge in [-0.1, -0.05) is 56.6 Å². The number of benzene rings is 1. The molecule has 2 nitrogen and oxygen atoms in total. The van der Waals surface area contributed by atoms with Crippen LogP contribution in [-0.4, -0.2) is 9.97 Å². The number of rotatable bonds is 2. The van der Waals surface area contributed by atoms with Gasteiger partial charge in [-0.15, -0.1) is 0 Å². The summed E-state index contributed by atoms with van der Waals surface area (Å²) in [6.45, 7) is 6.07. The van der Waals surface area contributed by atoms with Crippen molar-refractivity contribution in [1.82, 2.24) is 9.97 Å². The van der Waals surface area contributed by atoms with Crippen molar-refractivity contribution in [3.8, 4) is 11.4 Å². The van der Waals surface area contributed by atoms with Gasteiger partial charge in [0.2, 0.25) is 0 Å². The summed E-state index contributed by atoms with van der Waals surface area (Å²) in [4.78, 5) is 8.63. The zero-order chi connectivity index (χ0) is 14.9. The Hall–Kier alpha value is -1.55. The fourth-order valence-electron chi connectivity index (χ4n) is 1.71. The van der Waals surface area contributed by atoms with Crippen LogP contribution in [0, 0.1) is 0 Å². The quantitative estimate of drug-likeness (QED) is 0.726. The predicted molar refractivity (Wildman–Crippen MR) is 76.1 cm³/mol. The first kappa shape index (κ1) is 14.9. The number of halogens is 3. The molecule has 0 radical (unpaired) electrons. The van der Waals surface area contributed by atoms with Crippen molar-refractivity contribution in [3.05, 3.63) is 46.7 Å². The molecular formula is C15H15ClF2N2. The number of hydrogen-bond acceptors (Lipinski definition) is 2. The molecule has 0 saturated carbocycles. The number of alkyl halides is 2. The highest BCUT2D eigenvalue weighted by atomic mass is 35.5. The molecule has 2 aromatic rings. The Balaban J connectivity index is 2.44. The molecule has 0 N–H and O–H groups in total. The molecule has 0 fully saturated rings. The summed E-state index contributed by atoms with van der Waals surface area (Å²) in [6.07, 6.45) is -2.48. The van der Waals surface area contributed by atoms with E-state index >= 15 is 0 Å². The lowest BCUT2D eigenvalue weighted by atomic mass is 9.92. The van der Waals surface area contributed by atoms with Crippen LogP contribution in [0.5, 0.6) is 0 Å². The fourth-order valence-corrected chi connectivity index (χ4v) is 1.89. The number of aromatic nitrogens is 2. The lowest BCUT2D eigenvalue weighted by Crippen LogP contribution is -2.14. The van der Waals surface area contributed by atoms with E-state index in [0.717, 1.165) is 5.69 Å². The van der Waals surface area contributed by atoms with E-state index in [9.17, 15) is 8.78 Å². The Bertz CT molecular complexity index is 604. The van der Waals surface area contributed by atoms with Crippen LogP contribution in [0.3, 0.4) is 0 Å². The minimum absolute atomic E-state index is 0.0215. The normalized spacial score (nSPS) is 11.9. The maximum absolute atomic E-state index is 12.5. The third-order valence-corrected chi connectivity index (χ3v) is 3.08. The Kier molecular flexibility index (Phi) is 4.04. The average molecular weight is 297 g/mol. The van der Waals surface area contributed by atoms with Gasteiger partial charge in [0.1, 0.15) is 5.15 Å². The van der Waals surface area contributed by atoms with Crippen LogP contribution in [0.15, 0.2) is 30.3 Å². The molecule has 0 atom stereocenters. The molecule has 0 amide bonds. The summed E-state index contributed by atoms with van der Waals surface area (Å²) in [6, 6.07) is 7.64. The van der Waals surface area contributed by atoms with E-state index in [0.29, 0.717) is 16.5 Å². The molecule has 0 spiro atoms. The van der Waals surface area contributed by atoms with Crippen LogP contribution in [0.25, 0.3) is 11.4 Å². The summed E-state index contributed by atoms with van der Waals surface area (Å²) in [5.41, 5.74) is 1.30. The fraction of sp³-hybridized carbons (Fsp3) is 0.333. The molecule has 1 aromatic heterocycles. The average Bonchev–Trinajstić information content (AvgIpc) is 2.37. The van der Waals surface area contributed by atoms with Crippen molar-refractivity contribution in [2.45, 2.75) is 32.6 Å². The molecule has 1 heterocycles. The standard InChI is InChI=1S/C15H15ClF2N2/c1-15(2,3)11-8-12(16)20-14(19-11)10-6-4-9(5-7-10)13(17)18/h4-8,13H,1-3H3. The van der Waals surface area contributed by atoms with Crippen molar-refractivity contribution in [1.29, 1.82) is 0 Å². The molecule has 0 aliphatic heterocycles. The molecule has 106 valence electrons. The van der Waals surface area contributed by atoms with Gasteiger partial charge in [-0.3, -0.25) is 0 Å². The van der Waals surface area contributed by atoms with Crippen molar-refractivity contribution >= 4 is 11.6 Å². The summed E-state index contributed by atoms with van der Waals surface area (Å²) in [5.74, 6) is 0.447. The SMILES string of the molecule is CC(C)(C)c1cc(Cl)nc(-c2ccc(C(F)F)cc2)n1. The van der Waals surface area contributed by atoms with Crippen LogP contribution in [0.4, 0.5) is 8.78 Å². The van der Waals surface area contributed by atoms with E-state index in [4.69, 9.17) is 11.6 Å². The van der Waals surface area contributed by atoms with Crippen LogP contribution in [0.2, 0.25) is 5.15 Å². The second-order valence-electron chi connectivity index (χ2n) is 5.57. The Morgan fingerprint density at radius 1 is 1.05 bits per heavy atom. The zero-order valence-corrected chi connectivity index (χ0v) is 12.2. The van der Waals surface area contributed by atoms with Gasteiger partial charge in [-0.05, 0) is 6.07 Å². The zero-order valence-electron chi connectivity index (χ0n) is 11.5. The first-order valence-corrected chi connectivity index (χ1v) is 6.59. The molecule has 0 aliphatic rings. The molecule has 0 saturated heterocycles. The highest BCUT2D eigenvalue weighted by molar-refractivity contribution is 6.29. The van der Waals surface area contributed by atoms with Crippen LogP contribution < -0.4 is 0 Å². The van der Waals surface area contributed by atoms with E-state index in [-0.39, 0.29) is 11.0 Å². The highest BCUT2D eigenvalue weighted by Crippen LogP contribution is 2.27. The van der Waals surface area contributed by atoms with Crippen molar-refractivity contribution in [3.63, 3.8) is 0 Å². The Morgan fingerprint density at radius 3 is 2.15 bits per heavy atom. The first-order chi connectivity index (χ1) is 9.27. The van der Waals surface area contributed by atoms with E-state index < -0.39 is 6.43 Å². The van der Waals surface area contributed by atoms with E-state index in [2.05, 4.69) is 9.97 Å². The van der Waals surface area contributed by atoms with Gasteiger partial charge >= 0.3 is 0 Å². The van der Waals surface area contributed by atoms with E-state index in [1.807, 2.05) is 20.8 Å². The van der Waals surface area contributed by atoms with Gasteiger partial charge in [-0.2, -0.15) is 0 Å². The van der Waals surface area contributed by atoms with Gasteiger partial charge < -0.3 is 0 Å². The third-order valence-electron chi connectivity index (χ3n) is 2.88. The molecule has 0 unspecified atom stereocenters. The molecule has 20 heavy (non-hydrogen) atoms. The number of nitrogens with zero attached hydrogens (tertiary/aromatic N) is 2. The summed E-state index contributed by atoms with van der Waals surface area (Å²) >= 11 is 6.02. The molecule has 0 bridgehead atoms. The predicted octanol–water partition coefficient (Wildman–Crippen LogP) is 5.03. The van der Waals surface area contributed by atoms with Crippen LogP contribution in [-0.2, 0) is 5.41 Å². The van der Waals surface area contributed by atoms with Gasteiger partial charge in [0.25, 0.3) is 6.43 Å². The molecular weight excluding hydrogens is 282 g/mol. The second kappa shape index (κ2) is 5.44. The van der Waals surface area contributed by atoms with Crippen LogP contribution in [0.1, 0.15) is 38.5 Å². The minimum atomic E-state index is -2.48. The van der Waals surface area contributed by atoms with Crippen molar-refractivity contribution in [2.24, 2.45) is 0 Å². The second-order valence-corrected chi connectivity index (χ2v) is 5.96. The lowest BCUT2D eigenvalue weighted by Gasteiger charge is -2.18.